The molecule has 0 aliphatic carbocycles. The lowest BCUT2D eigenvalue weighted by Crippen LogP contribution is -2.47. The van der Waals surface area contributed by atoms with Gasteiger partial charge in [0, 0.05) is 18.0 Å². The zero-order chi connectivity index (χ0) is 27.1. The Morgan fingerprint density at radius 1 is 1.08 bits per heavy atom. The molecule has 11 heteroatoms. The smallest absolute Gasteiger partial charge is 0.482 e. The fourth-order valence-electron chi connectivity index (χ4n) is 4.26. The lowest BCUT2D eigenvalue weighted by Gasteiger charge is -2.38. The summed E-state index contributed by atoms with van der Waals surface area (Å²) in [5.41, 5.74) is -2.67. The Balaban J connectivity index is 1.78. The molecular formula is C26H21ClF3NO6. The standard InChI is InChI=1S/C26H21ClF3NO6/c1-14(19-11-16(5-9-20(19)27)15-3-7-18(8-4-15)37-24(33)34)25(35,26(28,29)30)17-6-10-22-21(12-17)31(2)23(32)13-36-22/h3-12,14,35H,13H2,1-2H3,(H,33,34). The van der Waals surface area contributed by atoms with Crippen LogP contribution in [0.2, 0.25) is 5.02 Å². The summed E-state index contributed by atoms with van der Waals surface area (Å²) in [7, 11) is 1.41. The summed E-state index contributed by atoms with van der Waals surface area (Å²) in [6.45, 7) is 0.974. The highest BCUT2D eigenvalue weighted by Gasteiger charge is 2.59. The lowest BCUT2D eigenvalue weighted by atomic mass is 9.77. The van der Waals surface area contributed by atoms with Crippen LogP contribution < -0.4 is 14.4 Å². The van der Waals surface area contributed by atoms with E-state index in [1.807, 2.05) is 0 Å². The van der Waals surface area contributed by atoms with Gasteiger partial charge in [-0.05, 0) is 58.7 Å². The van der Waals surface area contributed by atoms with E-state index in [0.717, 1.165) is 12.1 Å². The summed E-state index contributed by atoms with van der Waals surface area (Å²) in [6, 6.07) is 13.8. The number of likely N-dealkylation sites (N-methyl/N-ethyl adjacent to an activating group) is 1. The van der Waals surface area contributed by atoms with Crippen molar-refractivity contribution in [3.05, 3.63) is 76.8 Å². The Hall–Kier alpha value is -3.76. The summed E-state index contributed by atoms with van der Waals surface area (Å²) in [4.78, 5) is 23.9. The minimum atomic E-state index is -5.12. The zero-order valence-corrected chi connectivity index (χ0v) is 20.3. The molecule has 0 spiro atoms. The van der Waals surface area contributed by atoms with Gasteiger partial charge in [0.2, 0.25) is 0 Å². The number of ether oxygens (including phenoxy) is 2. The van der Waals surface area contributed by atoms with Gasteiger partial charge in [0.05, 0.1) is 5.69 Å². The molecule has 4 rings (SSSR count). The molecule has 2 atom stereocenters. The second-order valence-electron chi connectivity index (χ2n) is 8.54. The number of benzene rings is 3. The van der Waals surface area contributed by atoms with Gasteiger partial charge in [-0.15, -0.1) is 0 Å². The molecule has 0 fully saturated rings. The average molecular weight is 536 g/mol. The minimum Gasteiger partial charge on any atom is -0.482 e. The van der Waals surface area contributed by atoms with Crippen LogP contribution >= 0.6 is 11.6 Å². The van der Waals surface area contributed by atoms with Crippen LogP contribution in [0.4, 0.5) is 23.7 Å². The first-order chi connectivity index (χ1) is 17.3. The Morgan fingerprint density at radius 2 is 1.73 bits per heavy atom. The molecule has 1 aliphatic rings. The average Bonchev–Trinajstić information content (AvgIpc) is 2.85. The zero-order valence-electron chi connectivity index (χ0n) is 19.5. The van der Waals surface area contributed by atoms with Gasteiger partial charge in [-0.25, -0.2) is 4.79 Å². The second-order valence-corrected chi connectivity index (χ2v) is 8.95. The molecule has 3 aromatic rings. The van der Waals surface area contributed by atoms with E-state index < -0.39 is 35.3 Å². The number of anilines is 1. The summed E-state index contributed by atoms with van der Waals surface area (Å²) in [5, 5.41) is 20.0. The SMILES string of the molecule is CC(c1cc(-c2ccc(OC(=O)O)cc2)ccc1Cl)C(O)(c1ccc2c(c1)N(C)C(=O)CO2)C(F)(F)F. The van der Waals surface area contributed by atoms with E-state index in [1.165, 1.54) is 49.2 Å². The summed E-state index contributed by atoms with van der Waals surface area (Å²) >= 11 is 6.33. The van der Waals surface area contributed by atoms with Crippen molar-refractivity contribution >= 4 is 29.4 Å². The van der Waals surface area contributed by atoms with E-state index in [-0.39, 0.29) is 34.4 Å². The van der Waals surface area contributed by atoms with Crippen molar-refractivity contribution in [3.63, 3.8) is 0 Å². The molecule has 2 unspecified atom stereocenters. The number of fused-ring (bicyclic) bond motifs is 1. The van der Waals surface area contributed by atoms with Gasteiger partial charge in [-0.2, -0.15) is 13.2 Å². The molecule has 3 aromatic carbocycles. The van der Waals surface area contributed by atoms with Gasteiger partial charge >= 0.3 is 12.3 Å². The maximum absolute atomic E-state index is 14.6. The number of nitrogens with zero attached hydrogens (tertiary/aromatic N) is 1. The van der Waals surface area contributed by atoms with Crippen LogP contribution in [-0.4, -0.2) is 42.1 Å². The van der Waals surface area contributed by atoms with Crippen molar-refractivity contribution in [1.82, 2.24) is 0 Å². The molecule has 0 aromatic heterocycles. The third-order valence-corrected chi connectivity index (χ3v) is 6.74. The van der Waals surface area contributed by atoms with E-state index in [1.54, 1.807) is 18.2 Å². The highest BCUT2D eigenvalue weighted by atomic mass is 35.5. The predicted octanol–water partition coefficient (Wildman–Crippen LogP) is 5.97. The van der Waals surface area contributed by atoms with Gasteiger partial charge in [0.15, 0.2) is 12.2 Å². The van der Waals surface area contributed by atoms with E-state index in [9.17, 15) is 27.9 Å². The third-order valence-electron chi connectivity index (χ3n) is 6.40. The van der Waals surface area contributed by atoms with E-state index >= 15 is 0 Å². The Morgan fingerprint density at radius 3 is 2.35 bits per heavy atom. The van der Waals surface area contributed by atoms with Gasteiger partial charge < -0.3 is 24.6 Å². The number of carbonyl (C=O) groups is 2. The summed E-state index contributed by atoms with van der Waals surface area (Å²) < 4.78 is 53.6. The predicted molar refractivity (Wildman–Crippen MR) is 129 cm³/mol. The first-order valence-electron chi connectivity index (χ1n) is 11.0. The second kappa shape index (κ2) is 9.60. The van der Waals surface area contributed by atoms with E-state index in [4.69, 9.17) is 21.4 Å². The number of carbonyl (C=O) groups excluding carboxylic acids is 1. The van der Waals surface area contributed by atoms with Crippen LogP contribution in [0.15, 0.2) is 60.7 Å². The van der Waals surface area contributed by atoms with Gasteiger partial charge in [-0.3, -0.25) is 4.79 Å². The molecule has 0 radical (unpaired) electrons. The van der Waals surface area contributed by atoms with Crippen LogP contribution in [0, 0.1) is 0 Å². The maximum Gasteiger partial charge on any atom is 0.511 e. The number of amides is 1. The van der Waals surface area contributed by atoms with Crippen molar-refractivity contribution in [2.75, 3.05) is 18.6 Å². The Labute approximate surface area is 214 Å². The molecule has 0 saturated heterocycles. The molecule has 0 saturated carbocycles. The minimum absolute atomic E-state index is 0.0124. The van der Waals surface area contributed by atoms with Crippen LogP contribution in [-0.2, 0) is 10.4 Å². The number of hydrogen-bond acceptors (Lipinski definition) is 5. The van der Waals surface area contributed by atoms with Crippen LogP contribution in [0.3, 0.4) is 0 Å². The van der Waals surface area contributed by atoms with E-state index in [2.05, 4.69) is 4.74 Å². The van der Waals surface area contributed by atoms with Crippen molar-refractivity contribution in [2.24, 2.45) is 0 Å². The molecule has 37 heavy (non-hydrogen) atoms. The molecular weight excluding hydrogens is 515 g/mol. The van der Waals surface area contributed by atoms with Crippen molar-refractivity contribution in [2.45, 2.75) is 24.6 Å². The molecule has 1 aliphatic heterocycles. The molecule has 7 nitrogen and oxygen atoms in total. The fraction of sp³-hybridized carbons (Fsp3) is 0.231. The molecule has 0 bridgehead atoms. The lowest BCUT2D eigenvalue weighted by molar-refractivity contribution is -0.274. The van der Waals surface area contributed by atoms with Crippen molar-refractivity contribution in [1.29, 1.82) is 0 Å². The molecule has 1 amide bonds. The van der Waals surface area contributed by atoms with Crippen molar-refractivity contribution < 1.29 is 42.4 Å². The van der Waals surface area contributed by atoms with Crippen LogP contribution in [0.25, 0.3) is 11.1 Å². The third kappa shape index (κ3) is 4.82. The highest BCUT2D eigenvalue weighted by molar-refractivity contribution is 6.31. The first-order valence-corrected chi connectivity index (χ1v) is 11.3. The fourth-order valence-corrected chi connectivity index (χ4v) is 4.55. The largest absolute Gasteiger partial charge is 0.511 e. The number of rotatable bonds is 5. The number of aliphatic hydroxyl groups is 1. The normalized spacial score (nSPS) is 15.9. The molecule has 194 valence electrons. The number of carboxylic acid groups (broad SMARTS) is 1. The highest BCUT2D eigenvalue weighted by Crippen LogP contribution is 2.51. The number of halogens is 4. The number of alkyl halides is 3. The summed E-state index contributed by atoms with van der Waals surface area (Å²) in [6.07, 6.45) is -6.60. The van der Waals surface area contributed by atoms with Gasteiger partial charge in [0.25, 0.3) is 5.91 Å². The number of hydrogen-bond donors (Lipinski definition) is 2. The van der Waals surface area contributed by atoms with E-state index in [0.29, 0.717) is 11.1 Å². The first kappa shape index (κ1) is 26.3. The van der Waals surface area contributed by atoms with Crippen molar-refractivity contribution in [3.8, 4) is 22.6 Å². The Kier molecular flexibility index (Phi) is 6.83. The van der Waals surface area contributed by atoms with Gasteiger partial charge in [0.1, 0.15) is 11.5 Å². The molecule has 1 heterocycles. The quantitative estimate of drug-likeness (QED) is 0.308. The maximum atomic E-state index is 14.6. The topological polar surface area (TPSA) is 96.3 Å². The van der Waals surface area contributed by atoms with Crippen LogP contribution in [0.5, 0.6) is 11.5 Å². The monoisotopic (exact) mass is 535 g/mol. The summed E-state index contributed by atoms with van der Waals surface area (Å²) in [5.74, 6) is -1.72. The molecule has 2 N–H and O–H groups in total. The van der Waals surface area contributed by atoms with Gasteiger partial charge in [-0.1, -0.05) is 42.8 Å². The van der Waals surface area contributed by atoms with Crippen LogP contribution in [0.1, 0.15) is 24.0 Å². The Bertz CT molecular complexity index is 1360.